The Morgan fingerprint density at radius 1 is 1.18 bits per heavy atom. The van der Waals surface area contributed by atoms with E-state index in [4.69, 9.17) is 4.74 Å². The maximum atomic E-state index is 14.0. The van der Waals surface area contributed by atoms with Gasteiger partial charge in [-0.15, -0.1) is 0 Å². The molecule has 144 valence electrons. The molecule has 1 fully saturated rings. The number of nitrogens with one attached hydrogen (secondary N) is 1. The molecule has 0 spiro atoms. The molecule has 0 atom stereocenters. The Hall–Kier alpha value is -3.15. The van der Waals surface area contributed by atoms with Gasteiger partial charge in [0, 0.05) is 30.4 Å². The van der Waals surface area contributed by atoms with Crippen molar-refractivity contribution in [2.24, 2.45) is 0 Å². The molecular weight excluding hydrogens is 357 g/mol. The molecule has 6 heteroatoms. The van der Waals surface area contributed by atoms with E-state index < -0.39 is 0 Å². The molecule has 1 saturated heterocycles. The first-order valence-electron chi connectivity index (χ1n) is 9.53. The summed E-state index contributed by atoms with van der Waals surface area (Å²) in [5.74, 6) is 0.325. The van der Waals surface area contributed by atoms with Crippen molar-refractivity contribution in [3.63, 3.8) is 0 Å². The highest BCUT2D eigenvalue weighted by Gasteiger charge is 2.24. The standard InChI is InChI=1S/C22H22FN3O2/c1-2-28-17-8-6-16(7-9-17)25-21-18-13-15(23)5-10-20(18)24-14-19(21)22(27)26-11-3-4-12-26/h5-10,13-14H,2-4,11-12H2,1H3,(H,24,25). The molecule has 4 rings (SSSR count). The first-order chi connectivity index (χ1) is 13.7. The number of amides is 1. The van der Waals surface area contributed by atoms with Crippen molar-refractivity contribution in [1.29, 1.82) is 0 Å². The van der Waals surface area contributed by atoms with Crippen LogP contribution < -0.4 is 10.1 Å². The quantitative estimate of drug-likeness (QED) is 0.695. The van der Waals surface area contributed by atoms with Crippen molar-refractivity contribution in [3.8, 4) is 5.75 Å². The molecule has 0 bridgehead atoms. The lowest BCUT2D eigenvalue weighted by Crippen LogP contribution is -2.28. The first-order valence-corrected chi connectivity index (χ1v) is 9.53. The zero-order chi connectivity index (χ0) is 19.5. The molecular formula is C22H22FN3O2. The number of benzene rings is 2. The van der Waals surface area contributed by atoms with E-state index in [2.05, 4.69) is 10.3 Å². The highest BCUT2D eigenvalue weighted by molar-refractivity contribution is 6.08. The highest BCUT2D eigenvalue weighted by atomic mass is 19.1. The number of fused-ring (bicyclic) bond motifs is 1. The summed E-state index contributed by atoms with van der Waals surface area (Å²) in [6.07, 6.45) is 3.59. The number of hydrogen-bond donors (Lipinski definition) is 1. The van der Waals surface area contributed by atoms with Crippen LogP contribution in [0.5, 0.6) is 5.75 Å². The lowest BCUT2D eigenvalue weighted by molar-refractivity contribution is 0.0793. The number of pyridine rings is 1. The Kier molecular flexibility index (Phi) is 5.10. The van der Waals surface area contributed by atoms with Gasteiger partial charge in [0.25, 0.3) is 5.91 Å². The molecule has 0 radical (unpaired) electrons. The Balaban J connectivity index is 1.77. The van der Waals surface area contributed by atoms with Crippen molar-refractivity contribution >= 4 is 28.2 Å². The summed E-state index contributed by atoms with van der Waals surface area (Å²) in [5.41, 5.74) is 2.45. The minimum Gasteiger partial charge on any atom is -0.494 e. The third-order valence-corrected chi connectivity index (χ3v) is 4.89. The van der Waals surface area contributed by atoms with Gasteiger partial charge in [-0.25, -0.2) is 4.39 Å². The number of halogens is 1. The van der Waals surface area contributed by atoms with Crippen LogP contribution in [0.4, 0.5) is 15.8 Å². The van der Waals surface area contributed by atoms with Crippen LogP contribution in [-0.4, -0.2) is 35.5 Å². The average molecular weight is 379 g/mol. The van der Waals surface area contributed by atoms with Crippen molar-refractivity contribution in [1.82, 2.24) is 9.88 Å². The monoisotopic (exact) mass is 379 g/mol. The van der Waals surface area contributed by atoms with E-state index in [9.17, 15) is 9.18 Å². The topological polar surface area (TPSA) is 54.5 Å². The van der Waals surface area contributed by atoms with Gasteiger partial charge >= 0.3 is 0 Å². The van der Waals surface area contributed by atoms with E-state index in [1.807, 2.05) is 36.1 Å². The van der Waals surface area contributed by atoms with Gasteiger partial charge in [-0.2, -0.15) is 0 Å². The van der Waals surface area contributed by atoms with Gasteiger partial charge in [-0.05, 0) is 62.2 Å². The summed E-state index contributed by atoms with van der Waals surface area (Å²) < 4.78 is 19.4. The molecule has 5 nitrogen and oxygen atoms in total. The summed E-state index contributed by atoms with van der Waals surface area (Å²) in [4.78, 5) is 19.3. The zero-order valence-corrected chi connectivity index (χ0v) is 15.7. The maximum absolute atomic E-state index is 14.0. The van der Waals surface area contributed by atoms with Crippen LogP contribution >= 0.6 is 0 Å². The predicted molar refractivity (Wildman–Crippen MR) is 108 cm³/mol. The van der Waals surface area contributed by atoms with E-state index in [1.165, 1.54) is 12.1 Å². The SMILES string of the molecule is CCOc1ccc(Nc2c(C(=O)N3CCCC3)cnc3ccc(F)cc23)cc1. The van der Waals surface area contributed by atoms with E-state index >= 15 is 0 Å². The third-order valence-electron chi connectivity index (χ3n) is 4.89. The number of likely N-dealkylation sites (tertiary alicyclic amines) is 1. The second-order valence-electron chi connectivity index (χ2n) is 6.79. The highest BCUT2D eigenvalue weighted by Crippen LogP contribution is 2.31. The van der Waals surface area contributed by atoms with Crippen LogP contribution in [0.15, 0.2) is 48.7 Å². The summed E-state index contributed by atoms with van der Waals surface area (Å²) in [6.45, 7) is 4.00. The van der Waals surface area contributed by atoms with Gasteiger partial charge in [0.05, 0.1) is 23.4 Å². The summed E-state index contributed by atoms with van der Waals surface area (Å²) >= 11 is 0. The predicted octanol–water partition coefficient (Wildman–Crippen LogP) is 4.75. The molecule has 1 aliphatic rings. The van der Waals surface area contributed by atoms with Gasteiger partial charge in [0.2, 0.25) is 0 Å². The lowest BCUT2D eigenvalue weighted by atomic mass is 10.1. The van der Waals surface area contributed by atoms with Gasteiger partial charge < -0.3 is 15.0 Å². The Morgan fingerprint density at radius 3 is 2.64 bits per heavy atom. The van der Waals surface area contributed by atoms with Gasteiger partial charge in [-0.1, -0.05) is 0 Å². The van der Waals surface area contributed by atoms with Crippen molar-refractivity contribution < 1.29 is 13.9 Å². The third kappa shape index (κ3) is 3.63. The van der Waals surface area contributed by atoms with E-state index in [0.29, 0.717) is 28.8 Å². The van der Waals surface area contributed by atoms with Gasteiger partial charge in [0.15, 0.2) is 0 Å². The van der Waals surface area contributed by atoms with E-state index in [1.54, 1.807) is 12.3 Å². The summed E-state index contributed by atoms with van der Waals surface area (Å²) in [5, 5.41) is 3.89. The molecule has 3 aromatic rings. The zero-order valence-electron chi connectivity index (χ0n) is 15.7. The number of carbonyl (C=O) groups is 1. The largest absolute Gasteiger partial charge is 0.494 e. The molecule has 0 unspecified atom stereocenters. The smallest absolute Gasteiger partial charge is 0.257 e. The number of carbonyl (C=O) groups excluding carboxylic acids is 1. The number of nitrogens with zero attached hydrogens (tertiary/aromatic N) is 2. The Morgan fingerprint density at radius 2 is 1.93 bits per heavy atom. The van der Waals surface area contributed by atoms with Crippen molar-refractivity contribution in [2.45, 2.75) is 19.8 Å². The van der Waals surface area contributed by atoms with Crippen molar-refractivity contribution in [3.05, 3.63) is 60.0 Å². The fourth-order valence-electron chi connectivity index (χ4n) is 3.50. The second-order valence-corrected chi connectivity index (χ2v) is 6.79. The molecule has 2 heterocycles. The van der Waals surface area contributed by atoms with Crippen LogP contribution in [0, 0.1) is 5.82 Å². The van der Waals surface area contributed by atoms with Crippen LogP contribution in [0.25, 0.3) is 10.9 Å². The van der Waals surface area contributed by atoms with Crippen LogP contribution in [0.2, 0.25) is 0 Å². The number of ether oxygens (including phenoxy) is 1. The number of rotatable bonds is 5. The fourth-order valence-corrected chi connectivity index (χ4v) is 3.50. The molecule has 28 heavy (non-hydrogen) atoms. The molecule has 1 aromatic heterocycles. The Labute approximate surface area is 163 Å². The minimum absolute atomic E-state index is 0.0791. The average Bonchev–Trinajstić information content (AvgIpc) is 3.24. The van der Waals surface area contributed by atoms with E-state index in [0.717, 1.165) is 37.4 Å². The molecule has 1 N–H and O–H groups in total. The minimum atomic E-state index is -0.366. The summed E-state index contributed by atoms with van der Waals surface area (Å²) in [6, 6.07) is 11.9. The van der Waals surface area contributed by atoms with E-state index in [-0.39, 0.29) is 11.7 Å². The Bertz CT molecular complexity index is 999. The summed E-state index contributed by atoms with van der Waals surface area (Å²) in [7, 11) is 0. The normalized spacial score (nSPS) is 13.7. The fraction of sp³-hybridized carbons (Fsp3) is 0.273. The van der Waals surface area contributed by atoms with Gasteiger partial charge in [-0.3, -0.25) is 9.78 Å². The molecule has 0 saturated carbocycles. The maximum Gasteiger partial charge on any atom is 0.257 e. The van der Waals surface area contributed by atoms with Gasteiger partial charge in [0.1, 0.15) is 11.6 Å². The van der Waals surface area contributed by atoms with Crippen molar-refractivity contribution in [2.75, 3.05) is 25.0 Å². The number of anilines is 2. The second kappa shape index (κ2) is 7.84. The van der Waals surface area contributed by atoms with Crippen LogP contribution in [-0.2, 0) is 0 Å². The molecule has 1 amide bonds. The van der Waals surface area contributed by atoms with Crippen LogP contribution in [0.3, 0.4) is 0 Å². The first kappa shape index (κ1) is 18.2. The van der Waals surface area contributed by atoms with Crippen LogP contribution in [0.1, 0.15) is 30.1 Å². The number of hydrogen-bond acceptors (Lipinski definition) is 4. The number of aromatic nitrogens is 1. The lowest BCUT2D eigenvalue weighted by Gasteiger charge is -2.19. The molecule has 0 aliphatic carbocycles. The molecule has 1 aliphatic heterocycles. The molecule has 2 aromatic carbocycles.